The summed E-state index contributed by atoms with van der Waals surface area (Å²) in [6, 6.07) is 0. The Bertz CT molecular complexity index is 232. The summed E-state index contributed by atoms with van der Waals surface area (Å²) >= 11 is 5.05. The molecule has 0 saturated carbocycles. The van der Waals surface area contributed by atoms with Gasteiger partial charge in [-0.25, -0.2) is 4.79 Å². The molecular formula is C7H7ClO4. The van der Waals surface area contributed by atoms with Crippen molar-refractivity contribution in [2.24, 2.45) is 0 Å². The standard InChI is InChI=1S/C7H7ClO4/c1-5(4-6(9)10)7(11)12-3-2-8/h2-3H,1,4H2,(H,9,10). The molecule has 0 fully saturated rings. The van der Waals surface area contributed by atoms with Crippen molar-refractivity contribution in [2.45, 2.75) is 6.42 Å². The van der Waals surface area contributed by atoms with Gasteiger partial charge in [-0.05, 0) is 0 Å². The quantitative estimate of drug-likeness (QED) is 0.412. The largest absolute Gasteiger partial charge is 0.481 e. The Hall–Kier alpha value is -1.29. The molecule has 0 radical (unpaired) electrons. The van der Waals surface area contributed by atoms with Gasteiger partial charge in [-0.1, -0.05) is 18.2 Å². The molecule has 5 heteroatoms. The first-order valence-corrected chi connectivity index (χ1v) is 3.37. The lowest BCUT2D eigenvalue weighted by Crippen LogP contribution is -2.07. The van der Waals surface area contributed by atoms with Crippen molar-refractivity contribution in [3.8, 4) is 0 Å². The van der Waals surface area contributed by atoms with E-state index in [4.69, 9.17) is 16.7 Å². The monoisotopic (exact) mass is 190 g/mol. The van der Waals surface area contributed by atoms with Crippen LogP contribution in [0.5, 0.6) is 0 Å². The maximum absolute atomic E-state index is 10.7. The van der Waals surface area contributed by atoms with Gasteiger partial charge in [-0.3, -0.25) is 4.79 Å². The zero-order valence-corrected chi connectivity index (χ0v) is 6.87. The van der Waals surface area contributed by atoms with Gasteiger partial charge in [0.15, 0.2) is 0 Å². The first-order valence-electron chi connectivity index (χ1n) is 2.93. The van der Waals surface area contributed by atoms with Gasteiger partial charge in [0.2, 0.25) is 0 Å². The van der Waals surface area contributed by atoms with E-state index in [9.17, 15) is 9.59 Å². The number of rotatable bonds is 4. The predicted octanol–water partition coefficient (Wildman–Crippen LogP) is 1.27. The topological polar surface area (TPSA) is 63.6 Å². The molecule has 0 aromatic heterocycles. The molecule has 66 valence electrons. The average molecular weight is 191 g/mol. The smallest absolute Gasteiger partial charge is 0.338 e. The predicted molar refractivity (Wildman–Crippen MR) is 42.5 cm³/mol. The van der Waals surface area contributed by atoms with Crippen LogP contribution < -0.4 is 0 Å². The van der Waals surface area contributed by atoms with E-state index in [0.717, 1.165) is 11.8 Å². The lowest BCUT2D eigenvalue weighted by Gasteiger charge is -1.98. The van der Waals surface area contributed by atoms with Crippen molar-refractivity contribution in [1.29, 1.82) is 0 Å². The van der Waals surface area contributed by atoms with Gasteiger partial charge in [0.05, 0.1) is 6.42 Å². The number of hydrogen-bond acceptors (Lipinski definition) is 3. The number of carbonyl (C=O) groups is 2. The molecule has 0 aromatic rings. The van der Waals surface area contributed by atoms with Crippen LogP contribution in [0.25, 0.3) is 0 Å². The van der Waals surface area contributed by atoms with Crippen LogP contribution in [-0.4, -0.2) is 17.0 Å². The van der Waals surface area contributed by atoms with Crippen molar-refractivity contribution < 1.29 is 19.4 Å². The number of esters is 1. The third-order valence-corrected chi connectivity index (χ3v) is 0.983. The SMILES string of the molecule is C=C(CC(=O)O)C(=O)OC=CCl. The summed E-state index contributed by atoms with van der Waals surface area (Å²) in [5.74, 6) is -1.93. The lowest BCUT2D eigenvalue weighted by atomic mass is 10.2. The minimum absolute atomic E-state index is 0.128. The number of carboxylic acids is 1. The Kier molecular flexibility index (Phi) is 4.79. The summed E-state index contributed by atoms with van der Waals surface area (Å²) in [5.41, 5.74) is 0.864. The number of aliphatic carboxylic acids is 1. The van der Waals surface area contributed by atoms with E-state index in [-0.39, 0.29) is 5.57 Å². The third kappa shape index (κ3) is 4.51. The Morgan fingerprint density at radius 2 is 2.17 bits per heavy atom. The summed E-state index contributed by atoms with van der Waals surface area (Å²) in [6.45, 7) is 3.22. The maximum Gasteiger partial charge on any atom is 0.338 e. The molecule has 0 aliphatic rings. The molecule has 0 unspecified atom stereocenters. The highest BCUT2D eigenvalue weighted by Crippen LogP contribution is 2.01. The first-order chi connectivity index (χ1) is 5.57. The summed E-state index contributed by atoms with van der Waals surface area (Å²) in [6.07, 6.45) is 0.506. The molecular weight excluding hydrogens is 184 g/mol. The highest BCUT2D eigenvalue weighted by atomic mass is 35.5. The fourth-order valence-corrected chi connectivity index (χ4v) is 0.477. The lowest BCUT2D eigenvalue weighted by molar-refractivity contribution is -0.140. The second-order valence-corrected chi connectivity index (χ2v) is 2.09. The van der Waals surface area contributed by atoms with Gasteiger partial charge in [0, 0.05) is 11.1 Å². The van der Waals surface area contributed by atoms with Crippen molar-refractivity contribution in [3.05, 3.63) is 23.9 Å². The van der Waals surface area contributed by atoms with Crippen molar-refractivity contribution in [2.75, 3.05) is 0 Å². The van der Waals surface area contributed by atoms with Gasteiger partial charge < -0.3 is 9.84 Å². The molecule has 0 atom stereocenters. The Morgan fingerprint density at radius 3 is 2.58 bits per heavy atom. The van der Waals surface area contributed by atoms with Gasteiger partial charge in [-0.2, -0.15) is 0 Å². The molecule has 0 aliphatic carbocycles. The van der Waals surface area contributed by atoms with Gasteiger partial charge >= 0.3 is 11.9 Å². The van der Waals surface area contributed by atoms with Crippen LogP contribution in [0.1, 0.15) is 6.42 Å². The molecule has 0 saturated heterocycles. The van der Waals surface area contributed by atoms with E-state index in [1.54, 1.807) is 0 Å². The van der Waals surface area contributed by atoms with Crippen LogP contribution in [0, 0.1) is 0 Å². The average Bonchev–Trinajstić information content (AvgIpc) is 1.98. The maximum atomic E-state index is 10.7. The Labute approximate surface area is 74.1 Å². The number of halogens is 1. The van der Waals surface area contributed by atoms with Crippen molar-refractivity contribution in [1.82, 2.24) is 0 Å². The number of carboxylic acid groups (broad SMARTS) is 1. The minimum atomic E-state index is -1.13. The summed E-state index contributed by atoms with van der Waals surface area (Å²) < 4.78 is 4.34. The van der Waals surface area contributed by atoms with Crippen LogP contribution in [0.2, 0.25) is 0 Å². The molecule has 0 aliphatic heterocycles. The van der Waals surface area contributed by atoms with Crippen molar-refractivity contribution >= 4 is 23.5 Å². The molecule has 0 amide bonds. The zero-order valence-electron chi connectivity index (χ0n) is 6.12. The second kappa shape index (κ2) is 5.37. The zero-order chi connectivity index (χ0) is 9.56. The third-order valence-electron chi connectivity index (χ3n) is 0.880. The molecule has 0 rings (SSSR count). The molecule has 0 bridgehead atoms. The van der Waals surface area contributed by atoms with E-state index in [1.807, 2.05) is 0 Å². The molecule has 0 aromatic carbocycles. The van der Waals surface area contributed by atoms with E-state index < -0.39 is 18.4 Å². The summed E-state index contributed by atoms with van der Waals surface area (Å²) in [7, 11) is 0. The van der Waals surface area contributed by atoms with E-state index in [1.165, 1.54) is 0 Å². The van der Waals surface area contributed by atoms with Crippen LogP contribution in [0.4, 0.5) is 0 Å². The highest BCUT2D eigenvalue weighted by Gasteiger charge is 2.10. The number of carbonyl (C=O) groups excluding carboxylic acids is 1. The molecule has 0 spiro atoms. The van der Waals surface area contributed by atoms with Gasteiger partial charge in [-0.15, -0.1) is 0 Å². The van der Waals surface area contributed by atoms with Gasteiger partial charge in [0.1, 0.15) is 6.26 Å². The minimum Gasteiger partial charge on any atom is -0.481 e. The van der Waals surface area contributed by atoms with Crippen LogP contribution in [0.3, 0.4) is 0 Å². The van der Waals surface area contributed by atoms with E-state index in [2.05, 4.69) is 11.3 Å². The Morgan fingerprint density at radius 1 is 1.58 bits per heavy atom. The molecule has 4 nitrogen and oxygen atoms in total. The number of hydrogen-bond donors (Lipinski definition) is 1. The fraction of sp³-hybridized carbons (Fsp3) is 0.143. The summed E-state index contributed by atoms with van der Waals surface area (Å²) in [4.78, 5) is 20.8. The molecule has 12 heavy (non-hydrogen) atoms. The summed E-state index contributed by atoms with van der Waals surface area (Å²) in [5, 5.41) is 8.25. The van der Waals surface area contributed by atoms with Gasteiger partial charge in [0.25, 0.3) is 0 Å². The normalized spacial score (nSPS) is 9.75. The van der Waals surface area contributed by atoms with Crippen LogP contribution in [0.15, 0.2) is 23.9 Å². The fourth-order valence-electron chi connectivity index (χ4n) is 0.426. The second-order valence-electron chi connectivity index (χ2n) is 1.84. The van der Waals surface area contributed by atoms with Crippen molar-refractivity contribution in [3.63, 3.8) is 0 Å². The number of ether oxygens (including phenoxy) is 1. The van der Waals surface area contributed by atoms with E-state index in [0.29, 0.717) is 0 Å². The van der Waals surface area contributed by atoms with E-state index >= 15 is 0 Å². The molecule has 0 heterocycles. The van der Waals surface area contributed by atoms with Crippen LogP contribution in [-0.2, 0) is 14.3 Å². The van der Waals surface area contributed by atoms with Crippen LogP contribution >= 0.6 is 11.6 Å². The highest BCUT2D eigenvalue weighted by molar-refractivity contribution is 6.25. The Balaban J connectivity index is 3.94. The first kappa shape index (κ1) is 10.7. The molecule has 1 N–H and O–H groups in total.